The van der Waals surface area contributed by atoms with E-state index in [-0.39, 0.29) is 24.2 Å². The number of hydrogen-bond acceptors (Lipinski definition) is 4. The molecule has 0 spiro atoms. The SMILES string of the molecule is COc1ccc(C2NC(C)C(=O)N2C(C)CSC)cc1C. The average Bonchev–Trinajstić information content (AvgIpc) is 2.75. The fourth-order valence-corrected chi connectivity index (χ4v) is 3.50. The Labute approximate surface area is 131 Å². The predicted octanol–water partition coefficient (Wildman–Crippen LogP) is 2.57. The standard InChI is InChI=1S/C16H24N2O2S/c1-10-8-13(6-7-14(10)20-4)15-17-12(3)16(19)18(15)11(2)9-21-5/h6-8,11-12,15,17H,9H2,1-5H3. The highest BCUT2D eigenvalue weighted by atomic mass is 32.2. The molecule has 1 aliphatic heterocycles. The van der Waals surface area contributed by atoms with Crippen LogP contribution >= 0.6 is 11.8 Å². The second-order valence-electron chi connectivity index (χ2n) is 5.57. The highest BCUT2D eigenvalue weighted by molar-refractivity contribution is 7.98. The molecule has 1 aromatic rings. The Bertz CT molecular complexity index is 521. The Morgan fingerprint density at radius 3 is 2.76 bits per heavy atom. The van der Waals surface area contributed by atoms with Crippen LogP contribution in [0.25, 0.3) is 0 Å². The maximum Gasteiger partial charge on any atom is 0.241 e. The van der Waals surface area contributed by atoms with Crippen LogP contribution in [-0.2, 0) is 4.79 Å². The number of methoxy groups -OCH3 is 1. The van der Waals surface area contributed by atoms with E-state index in [9.17, 15) is 4.79 Å². The van der Waals surface area contributed by atoms with Gasteiger partial charge in [-0.25, -0.2) is 0 Å². The molecule has 0 radical (unpaired) electrons. The highest BCUT2D eigenvalue weighted by Crippen LogP contribution is 2.31. The second-order valence-corrected chi connectivity index (χ2v) is 6.48. The van der Waals surface area contributed by atoms with Gasteiger partial charge in [-0.2, -0.15) is 11.8 Å². The van der Waals surface area contributed by atoms with Gasteiger partial charge in [0.1, 0.15) is 11.9 Å². The maximum atomic E-state index is 12.4. The number of hydrogen-bond donors (Lipinski definition) is 1. The lowest BCUT2D eigenvalue weighted by Crippen LogP contribution is -2.39. The third-order valence-electron chi connectivity index (χ3n) is 3.93. The number of carbonyl (C=O) groups is 1. The van der Waals surface area contributed by atoms with Crippen LogP contribution in [0.4, 0.5) is 0 Å². The van der Waals surface area contributed by atoms with E-state index < -0.39 is 0 Å². The van der Waals surface area contributed by atoms with Gasteiger partial charge in [0.25, 0.3) is 0 Å². The lowest BCUT2D eigenvalue weighted by molar-refractivity contribution is -0.131. The van der Waals surface area contributed by atoms with Crippen molar-refractivity contribution in [3.05, 3.63) is 29.3 Å². The summed E-state index contributed by atoms with van der Waals surface area (Å²) >= 11 is 1.76. The van der Waals surface area contributed by atoms with E-state index in [0.717, 1.165) is 22.6 Å². The molecule has 0 bridgehead atoms. The minimum absolute atomic E-state index is 0.0562. The number of amides is 1. The van der Waals surface area contributed by atoms with Gasteiger partial charge in [-0.15, -0.1) is 0 Å². The van der Waals surface area contributed by atoms with Crippen LogP contribution in [0, 0.1) is 6.92 Å². The summed E-state index contributed by atoms with van der Waals surface area (Å²) in [5.41, 5.74) is 2.19. The molecule has 3 unspecified atom stereocenters. The molecule has 1 fully saturated rings. The Morgan fingerprint density at radius 2 is 2.19 bits per heavy atom. The normalized spacial score (nSPS) is 23.5. The van der Waals surface area contributed by atoms with Crippen LogP contribution in [-0.4, -0.2) is 42.0 Å². The van der Waals surface area contributed by atoms with Crippen LogP contribution in [0.1, 0.15) is 31.1 Å². The number of aryl methyl sites for hydroxylation is 1. The molecule has 1 heterocycles. The van der Waals surface area contributed by atoms with Gasteiger partial charge in [0, 0.05) is 11.8 Å². The Kier molecular flexibility index (Phi) is 5.17. The van der Waals surface area contributed by atoms with Crippen molar-refractivity contribution in [3.63, 3.8) is 0 Å². The number of nitrogens with one attached hydrogen (secondary N) is 1. The van der Waals surface area contributed by atoms with Crippen molar-refractivity contribution >= 4 is 17.7 Å². The second kappa shape index (κ2) is 6.71. The first-order chi connectivity index (χ1) is 9.99. The van der Waals surface area contributed by atoms with Crippen LogP contribution in [0.5, 0.6) is 5.75 Å². The molecule has 1 amide bonds. The molecule has 0 aromatic heterocycles. The van der Waals surface area contributed by atoms with E-state index in [0.29, 0.717) is 0 Å². The van der Waals surface area contributed by atoms with Crippen molar-refractivity contribution in [2.75, 3.05) is 19.1 Å². The molecule has 0 saturated carbocycles. The van der Waals surface area contributed by atoms with Crippen molar-refractivity contribution in [1.29, 1.82) is 0 Å². The molecule has 21 heavy (non-hydrogen) atoms. The lowest BCUT2D eigenvalue weighted by Gasteiger charge is -2.30. The van der Waals surface area contributed by atoms with Crippen molar-refractivity contribution in [1.82, 2.24) is 10.2 Å². The highest BCUT2D eigenvalue weighted by Gasteiger charge is 2.39. The molecular formula is C16H24N2O2S. The minimum atomic E-state index is -0.137. The van der Waals surface area contributed by atoms with E-state index in [2.05, 4.69) is 24.6 Å². The summed E-state index contributed by atoms with van der Waals surface area (Å²) in [6.45, 7) is 6.06. The van der Waals surface area contributed by atoms with E-state index in [1.54, 1.807) is 18.9 Å². The fourth-order valence-electron chi connectivity index (χ4n) is 2.86. The molecular weight excluding hydrogens is 284 g/mol. The van der Waals surface area contributed by atoms with Gasteiger partial charge in [-0.3, -0.25) is 10.1 Å². The summed E-state index contributed by atoms with van der Waals surface area (Å²) in [4.78, 5) is 14.4. The molecule has 116 valence electrons. The Hall–Kier alpha value is -1.20. The molecule has 3 atom stereocenters. The topological polar surface area (TPSA) is 41.6 Å². The van der Waals surface area contributed by atoms with Gasteiger partial charge in [0.05, 0.1) is 13.2 Å². The third-order valence-corrected chi connectivity index (χ3v) is 4.74. The molecule has 2 rings (SSSR count). The van der Waals surface area contributed by atoms with Crippen molar-refractivity contribution in [3.8, 4) is 5.75 Å². The van der Waals surface area contributed by atoms with Gasteiger partial charge < -0.3 is 9.64 Å². The number of carbonyl (C=O) groups excluding carboxylic acids is 1. The summed E-state index contributed by atoms with van der Waals surface area (Å²) in [5, 5.41) is 3.40. The molecule has 1 aliphatic rings. The van der Waals surface area contributed by atoms with E-state index in [1.807, 2.05) is 30.9 Å². The molecule has 1 aromatic carbocycles. The average molecular weight is 308 g/mol. The van der Waals surface area contributed by atoms with E-state index >= 15 is 0 Å². The zero-order valence-electron chi connectivity index (χ0n) is 13.3. The first-order valence-electron chi connectivity index (χ1n) is 7.21. The molecule has 5 heteroatoms. The summed E-state index contributed by atoms with van der Waals surface area (Å²) < 4.78 is 5.31. The first-order valence-corrected chi connectivity index (χ1v) is 8.60. The summed E-state index contributed by atoms with van der Waals surface area (Å²) in [5.74, 6) is 1.99. The first kappa shape index (κ1) is 16.2. The Morgan fingerprint density at radius 1 is 1.48 bits per heavy atom. The quantitative estimate of drug-likeness (QED) is 0.908. The summed E-state index contributed by atoms with van der Waals surface area (Å²) in [6.07, 6.45) is 2.01. The zero-order valence-corrected chi connectivity index (χ0v) is 14.2. The molecule has 1 N–H and O–H groups in total. The minimum Gasteiger partial charge on any atom is -0.496 e. The number of nitrogens with zero attached hydrogens (tertiary/aromatic N) is 1. The predicted molar refractivity (Wildman–Crippen MR) is 87.8 cm³/mol. The van der Waals surface area contributed by atoms with Crippen molar-refractivity contribution in [2.45, 2.75) is 39.0 Å². The fraction of sp³-hybridized carbons (Fsp3) is 0.562. The number of thioether (sulfide) groups is 1. The van der Waals surface area contributed by atoms with Gasteiger partial charge >= 0.3 is 0 Å². The lowest BCUT2D eigenvalue weighted by atomic mass is 10.1. The molecule has 1 saturated heterocycles. The molecule has 4 nitrogen and oxygen atoms in total. The van der Waals surface area contributed by atoms with Crippen molar-refractivity contribution in [2.24, 2.45) is 0 Å². The maximum absolute atomic E-state index is 12.4. The van der Waals surface area contributed by atoms with Gasteiger partial charge in [0.2, 0.25) is 5.91 Å². The zero-order chi connectivity index (χ0) is 15.6. The van der Waals surface area contributed by atoms with E-state index in [4.69, 9.17) is 4.74 Å². The number of benzene rings is 1. The largest absolute Gasteiger partial charge is 0.496 e. The number of ether oxygens (including phenoxy) is 1. The van der Waals surface area contributed by atoms with Gasteiger partial charge in [-0.1, -0.05) is 6.07 Å². The van der Waals surface area contributed by atoms with Crippen LogP contribution in [0.2, 0.25) is 0 Å². The summed E-state index contributed by atoms with van der Waals surface area (Å²) in [7, 11) is 1.67. The van der Waals surface area contributed by atoms with Crippen LogP contribution in [0.3, 0.4) is 0 Å². The van der Waals surface area contributed by atoms with Gasteiger partial charge in [-0.05, 0) is 50.3 Å². The smallest absolute Gasteiger partial charge is 0.241 e. The van der Waals surface area contributed by atoms with Crippen molar-refractivity contribution < 1.29 is 9.53 Å². The third kappa shape index (κ3) is 3.19. The monoisotopic (exact) mass is 308 g/mol. The van der Waals surface area contributed by atoms with Gasteiger partial charge in [0.15, 0.2) is 0 Å². The van der Waals surface area contributed by atoms with Crippen LogP contribution < -0.4 is 10.1 Å². The number of rotatable bonds is 5. The Balaban J connectivity index is 2.31. The summed E-state index contributed by atoms with van der Waals surface area (Å²) in [6, 6.07) is 6.17. The molecule has 0 aliphatic carbocycles. The van der Waals surface area contributed by atoms with E-state index in [1.165, 1.54) is 0 Å². The van der Waals surface area contributed by atoms with Crippen LogP contribution in [0.15, 0.2) is 18.2 Å².